The fourth-order valence-corrected chi connectivity index (χ4v) is 2.31. The van der Waals surface area contributed by atoms with Crippen LogP contribution in [0.3, 0.4) is 0 Å². The molecular weight excluding hydrogens is 268 g/mol. The molecule has 21 heavy (non-hydrogen) atoms. The van der Waals surface area contributed by atoms with E-state index in [1.54, 1.807) is 4.90 Å². The second kappa shape index (κ2) is 10.1. The van der Waals surface area contributed by atoms with Crippen molar-refractivity contribution in [3.05, 3.63) is 0 Å². The molecular formula is C15H32N4O2. The fourth-order valence-electron chi connectivity index (χ4n) is 2.31. The lowest BCUT2D eigenvalue weighted by Crippen LogP contribution is -2.46. The van der Waals surface area contributed by atoms with Crippen LogP contribution in [0.15, 0.2) is 0 Å². The maximum atomic E-state index is 11.7. The van der Waals surface area contributed by atoms with E-state index in [9.17, 15) is 4.79 Å². The summed E-state index contributed by atoms with van der Waals surface area (Å²) in [6.07, 6.45) is 2.22. The van der Waals surface area contributed by atoms with E-state index in [1.165, 1.54) is 0 Å². The summed E-state index contributed by atoms with van der Waals surface area (Å²) in [6.45, 7) is 5.99. The number of carbonyl (C=O) groups is 1. The quantitative estimate of drug-likeness (QED) is 0.593. The van der Waals surface area contributed by atoms with Crippen molar-refractivity contribution in [2.75, 3.05) is 74.1 Å². The van der Waals surface area contributed by atoms with Crippen molar-refractivity contribution in [1.29, 1.82) is 0 Å². The van der Waals surface area contributed by atoms with E-state index in [4.69, 9.17) is 4.74 Å². The predicted molar refractivity (Wildman–Crippen MR) is 85.5 cm³/mol. The van der Waals surface area contributed by atoms with Gasteiger partial charge in [-0.15, -0.1) is 0 Å². The maximum absolute atomic E-state index is 11.7. The number of hydrogen-bond donors (Lipinski definition) is 1. The van der Waals surface area contributed by atoms with E-state index >= 15 is 0 Å². The Labute approximate surface area is 129 Å². The molecule has 1 aliphatic rings. The zero-order valence-corrected chi connectivity index (χ0v) is 14.1. The Bertz CT molecular complexity index is 289. The molecule has 1 heterocycles. The molecule has 0 aromatic heterocycles. The molecule has 0 saturated carbocycles. The van der Waals surface area contributed by atoms with Gasteiger partial charge in [-0.05, 0) is 26.9 Å². The van der Waals surface area contributed by atoms with Gasteiger partial charge < -0.3 is 19.9 Å². The highest BCUT2D eigenvalue weighted by molar-refractivity contribution is 5.77. The van der Waals surface area contributed by atoms with E-state index in [0.29, 0.717) is 12.6 Å². The van der Waals surface area contributed by atoms with Crippen molar-refractivity contribution in [3.63, 3.8) is 0 Å². The molecule has 1 fully saturated rings. The van der Waals surface area contributed by atoms with Gasteiger partial charge in [-0.25, -0.2) is 0 Å². The molecule has 0 unspecified atom stereocenters. The molecule has 1 rings (SSSR count). The smallest absolute Gasteiger partial charge is 0.236 e. The minimum absolute atomic E-state index is 0.190. The maximum Gasteiger partial charge on any atom is 0.236 e. The molecule has 1 saturated heterocycles. The van der Waals surface area contributed by atoms with Crippen LogP contribution >= 0.6 is 0 Å². The van der Waals surface area contributed by atoms with Crippen LogP contribution in [0.4, 0.5) is 0 Å². The third-order valence-corrected chi connectivity index (χ3v) is 3.81. The summed E-state index contributed by atoms with van der Waals surface area (Å²) in [7, 11) is 7.73. The number of likely N-dealkylation sites (N-methyl/N-ethyl adjacent to an activating group) is 2. The van der Waals surface area contributed by atoms with Crippen molar-refractivity contribution >= 4 is 5.91 Å². The van der Waals surface area contributed by atoms with Crippen LogP contribution in [0.2, 0.25) is 0 Å². The normalized spacial score (nSPS) is 17.4. The van der Waals surface area contributed by atoms with E-state index in [-0.39, 0.29) is 5.91 Å². The number of hydrogen-bond acceptors (Lipinski definition) is 5. The Morgan fingerprint density at radius 2 is 1.86 bits per heavy atom. The van der Waals surface area contributed by atoms with E-state index < -0.39 is 0 Å². The number of piperidine rings is 1. The zero-order valence-electron chi connectivity index (χ0n) is 14.1. The van der Waals surface area contributed by atoms with Crippen LogP contribution in [-0.4, -0.2) is 101 Å². The van der Waals surface area contributed by atoms with Gasteiger partial charge >= 0.3 is 0 Å². The van der Waals surface area contributed by atoms with Crippen molar-refractivity contribution < 1.29 is 9.53 Å². The minimum Gasteiger partial charge on any atom is -0.379 e. The molecule has 0 aliphatic carbocycles. The van der Waals surface area contributed by atoms with Crippen LogP contribution in [-0.2, 0) is 9.53 Å². The van der Waals surface area contributed by atoms with Gasteiger partial charge in [0.05, 0.1) is 19.8 Å². The average molecular weight is 300 g/mol. The molecule has 6 heteroatoms. The number of likely N-dealkylation sites (tertiary alicyclic amines) is 1. The van der Waals surface area contributed by atoms with Gasteiger partial charge in [0.15, 0.2) is 0 Å². The van der Waals surface area contributed by atoms with Gasteiger partial charge in [0.25, 0.3) is 0 Å². The molecule has 0 aromatic rings. The lowest BCUT2D eigenvalue weighted by molar-refractivity contribution is -0.130. The summed E-state index contributed by atoms with van der Waals surface area (Å²) < 4.78 is 5.57. The lowest BCUT2D eigenvalue weighted by atomic mass is 10.1. The summed E-state index contributed by atoms with van der Waals surface area (Å²) >= 11 is 0. The second-order valence-electron chi connectivity index (χ2n) is 6.21. The van der Waals surface area contributed by atoms with Crippen LogP contribution in [0.25, 0.3) is 0 Å². The summed E-state index contributed by atoms with van der Waals surface area (Å²) in [6, 6.07) is 0.563. The molecule has 0 atom stereocenters. The topological polar surface area (TPSA) is 48.1 Å². The number of carbonyl (C=O) groups excluding carboxylic acids is 1. The van der Waals surface area contributed by atoms with Gasteiger partial charge in [0.2, 0.25) is 5.91 Å². The molecule has 0 aromatic carbocycles. The first-order valence-electron chi connectivity index (χ1n) is 7.87. The summed E-state index contributed by atoms with van der Waals surface area (Å²) in [5.74, 6) is 0.190. The molecule has 0 spiro atoms. The van der Waals surface area contributed by atoms with Gasteiger partial charge in [-0.2, -0.15) is 0 Å². The third kappa shape index (κ3) is 8.36. The highest BCUT2D eigenvalue weighted by atomic mass is 16.5. The Morgan fingerprint density at radius 1 is 1.19 bits per heavy atom. The van der Waals surface area contributed by atoms with Crippen molar-refractivity contribution in [2.24, 2.45) is 0 Å². The SMILES string of the molecule is CN(C)CCOCCNC1CCN(CC(=O)N(C)C)CC1. The second-order valence-corrected chi connectivity index (χ2v) is 6.21. The van der Waals surface area contributed by atoms with E-state index in [2.05, 4.69) is 29.2 Å². The number of amides is 1. The van der Waals surface area contributed by atoms with Crippen LogP contribution in [0.5, 0.6) is 0 Å². The monoisotopic (exact) mass is 300 g/mol. The molecule has 0 radical (unpaired) electrons. The van der Waals surface area contributed by atoms with Crippen LogP contribution in [0, 0.1) is 0 Å². The predicted octanol–water partition coefficient (Wildman–Crippen LogP) is -0.293. The number of nitrogens with zero attached hydrogens (tertiary/aromatic N) is 3. The number of nitrogens with one attached hydrogen (secondary N) is 1. The molecule has 6 nitrogen and oxygen atoms in total. The highest BCUT2D eigenvalue weighted by Gasteiger charge is 2.20. The lowest BCUT2D eigenvalue weighted by Gasteiger charge is -2.32. The molecule has 1 N–H and O–H groups in total. The van der Waals surface area contributed by atoms with Gasteiger partial charge in [-0.3, -0.25) is 9.69 Å². The highest BCUT2D eigenvalue weighted by Crippen LogP contribution is 2.09. The number of rotatable bonds is 9. The minimum atomic E-state index is 0.190. The van der Waals surface area contributed by atoms with Crippen LogP contribution < -0.4 is 5.32 Å². The Hall–Kier alpha value is -0.690. The molecule has 1 amide bonds. The van der Waals surface area contributed by atoms with Gasteiger partial charge in [-0.1, -0.05) is 0 Å². The van der Waals surface area contributed by atoms with Crippen molar-refractivity contribution in [3.8, 4) is 0 Å². The zero-order chi connectivity index (χ0) is 15.7. The van der Waals surface area contributed by atoms with E-state index in [0.717, 1.165) is 52.2 Å². The molecule has 124 valence electrons. The largest absolute Gasteiger partial charge is 0.379 e. The Kier molecular flexibility index (Phi) is 8.84. The third-order valence-electron chi connectivity index (χ3n) is 3.81. The molecule has 1 aliphatic heterocycles. The van der Waals surface area contributed by atoms with Crippen LogP contribution in [0.1, 0.15) is 12.8 Å². The molecule has 0 bridgehead atoms. The Balaban J connectivity index is 2.02. The van der Waals surface area contributed by atoms with Gasteiger partial charge in [0.1, 0.15) is 0 Å². The first kappa shape index (κ1) is 18.4. The van der Waals surface area contributed by atoms with Crippen molar-refractivity contribution in [2.45, 2.75) is 18.9 Å². The van der Waals surface area contributed by atoms with Gasteiger partial charge in [0, 0.05) is 46.3 Å². The fraction of sp³-hybridized carbons (Fsp3) is 0.933. The van der Waals surface area contributed by atoms with Crippen molar-refractivity contribution in [1.82, 2.24) is 20.0 Å². The summed E-state index contributed by atoms with van der Waals surface area (Å²) in [5.41, 5.74) is 0. The number of ether oxygens (including phenoxy) is 1. The first-order chi connectivity index (χ1) is 9.99. The Morgan fingerprint density at radius 3 is 2.43 bits per heavy atom. The average Bonchev–Trinajstić information content (AvgIpc) is 2.44. The van der Waals surface area contributed by atoms with E-state index in [1.807, 2.05) is 14.1 Å². The standard InChI is InChI=1S/C15H32N4O2/c1-17(2)10-12-21-11-7-16-14-5-8-19(9-6-14)13-15(20)18(3)4/h14,16H,5-13H2,1-4H3. The summed E-state index contributed by atoms with van der Waals surface area (Å²) in [4.78, 5) is 17.7. The first-order valence-corrected chi connectivity index (χ1v) is 7.87. The summed E-state index contributed by atoms with van der Waals surface area (Å²) in [5, 5.41) is 3.55.